The summed E-state index contributed by atoms with van der Waals surface area (Å²) in [7, 11) is 0. The number of para-hydroxylation sites is 1. The van der Waals surface area contributed by atoms with E-state index in [0.29, 0.717) is 17.5 Å². The molecular weight excluding hydrogens is 330 g/mol. The van der Waals surface area contributed by atoms with Crippen molar-refractivity contribution in [3.8, 4) is 17.1 Å². The summed E-state index contributed by atoms with van der Waals surface area (Å²) >= 11 is 0. The van der Waals surface area contributed by atoms with Gasteiger partial charge in [-0.1, -0.05) is 53.2 Å². The van der Waals surface area contributed by atoms with Crippen molar-refractivity contribution in [2.75, 3.05) is 0 Å². The van der Waals surface area contributed by atoms with Gasteiger partial charge in [0.1, 0.15) is 5.75 Å². The van der Waals surface area contributed by atoms with Crippen molar-refractivity contribution in [1.29, 1.82) is 0 Å². The molecule has 3 rings (SSSR count). The Morgan fingerprint density at radius 2 is 1.88 bits per heavy atom. The highest BCUT2D eigenvalue weighted by molar-refractivity contribution is 5.80. The van der Waals surface area contributed by atoms with E-state index in [4.69, 9.17) is 9.26 Å². The van der Waals surface area contributed by atoms with Crippen LogP contribution in [0.2, 0.25) is 0 Å². The summed E-state index contributed by atoms with van der Waals surface area (Å²) in [6.45, 7) is 5.80. The van der Waals surface area contributed by atoms with Gasteiger partial charge in [-0.25, -0.2) is 0 Å². The lowest BCUT2D eigenvalue weighted by molar-refractivity contribution is -0.127. The minimum Gasteiger partial charge on any atom is -0.481 e. The van der Waals surface area contributed by atoms with Gasteiger partial charge >= 0.3 is 0 Å². The highest BCUT2D eigenvalue weighted by atomic mass is 16.5. The van der Waals surface area contributed by atoms with Gasteiger partial charge < -0.3 is 14.6 Å². The largest absolute Gasteiger partial charge is 0.481 e. The molecule has 0 bridgehead atoms. The maximum Gasteiger partial charge on any atom is 0.261 e. The first-order valence-electron chi connectivity index (χ1n) is 8.42. The molecule has 26 heavy (non-hydrogen) atoms. The predicted molar refractivity (Wildman–Crippen MR) is 97.6 cm³/mol. The summed E-state index contributed by atoms with van der Waals surface area (Å²) in [6, 6.07) is 15.4. The number of hydrogen-bond donors (Lipinski definition) is 1. The Morgan fingerprint density at radius 3 is 2.62 bits per heavy atom. The average molecular weight is 351 g/mol. The van der Waals surface area contributed by atoms with E-state index < -0.39 is 6.10 Å². The van der Waals surface area contributed by atoms with Gasteiger partial charge in [0, 0.05) is 5.56 Å². The summed E-state index contributed by atoms with van der Waals surface area (Å²) in [5.74, 6) is 1.29. The second-order valence-corrected chi connectivity index (χ2v) is 6.12. The van der Waals surface area contributed by atoms with Gasteiger partial charge in [0.05, 0.1) is 6.54 Å². The molecule has 0 fully saturated rings. The van der Waals surface area contributed by atoms with Gasteiger partial charge in [-0.3, -0.25) is 4.79 Å². The molecule has 2 aromatic carbocycles. The van der Waals surface area contributed by atoms with E-state index in [1.54, 1.807) is 6.92 Å². The van der Waals surface area contributed by atoms with Crippen LogP contribution in [0, 0.1) is 13.8 Å². The van der Waals surface area contributed by atoms with Gasteiger partial charge in [-0.2, -0.15) is 4.98 Å². The van der Waals surface area contributed by atoms with Crippen LogP contribution in [0.1, 0.15) is 23.9 Å². The van der Waals surface area contributed by atoms with Gasteiger partial charge in [-0.15, -0.1) is 0 Å². The van der Waals surface area contributed by atoms with E-state index in [1.807, 2.05) is 62.4 Å². The predicted octanol–water partition coefficient (Wildman–Crippen LogP) is 3.44. The fourth-order valence-corrected chi connectivity index (χ4v) is 2.39. The second kappa shape index (κ2) is 7.82. The topological polar surface area (TPSA) is 77.2 Å². The van der Waals surface area contributed by atoms with E-state index in [9.17, 15) is 4.79 Å². The quantitative estimate of drug-likeness (QED) is 0.736. The number of nitrogens with zero attached hydrogens (tertiary/aromatic N) is 2. The zero-order chi connectivity index (χ0) is 18.5. The molecule has 0 saturated carbocycles. The average Bonchev–Trinajstić information content (AvgIpc) is 3.11. The molecule has 1 atom stereocenters. The summed E-state index contributed by atoms with van der Waals surface area (Å²) in [5, 5.41) is 6.70. The van der Waals surface area contributed by atoms with Crippen molar-refractivity contribution in [2.45, 2.75) is 33.4 Å². The summed E-state index contributed by atoms with van der Waals surface area (Å²) < 4.78 is 10.9. The Bertz CT molecular complexity index is 887. The van der Waals surface area contributed by atoms with Gasteiger partial charge in [0.15, 0.2) is 6.10 Å². The van der Waals surface area contributed by atoms with Gasteiger partial charge in [0.25, 0.3) is 5.91 Å². The van der Waals surface area contributed by atoms with Crippen LogP contribution in [0.4, 0.5) is 0 Å². The van der Waals surface area contributed by atoms with Crippen molar-refractivity contribution in [3.05, 3.63) is 65.5 Å². The number of aryl methyl sites for hydroxylation is 2. The zero-order valence-electron chi connectivity index (χ0n) is 15.0. The highest BCUT2D eigenvalue weighted by Crippen LogP contribution is 2.18. The van der Waals surface area contributed by atoms with Crippen molar-refractivity contribution in [1.82, 2.24) is 15.5 Å². The maximum absolute atomic E-state index is 12.2. The first-order valence-corrected chi connectivity index (χ1v) is 8.42. The second-order valence-electron chi connectivity index (χ2n) is 6.12. The number of amides is 1. The molecule has 1 amide bonds. The van der Waals surface area contributed by atoms with Crippen LogP contribution in [0.15, 0.2) is 53.1 Å². The van der Waals surface area contributed by atoms with Crippen LogP contribution in [-0.2, 0) is 11.3 Å². The Morgan fingerprint density at radius 1 is 1.15 bits per heavy atom. The SMILES string of the molecule is Cc1ccc(-c2noc(CNC(=O)[C@H](C)Oc3ccccc3C)n2)cc1. The first kappa shape index (κ1) is 17.7. The lowest BCUT2D eigenvalue weighted by Gasteiger charge is -2.15. The smallest absolute Gasteiger partial charge is 0.261 e. The van der Waals surface area contributed by atoms with Crippen molar-refractivity contribution in [3.63, 3.8) is 0 Å². The molecule has 3 aromatic rings. The standard InChI is InChI=1S/C20H21N3O3/c1-13-8-10-16(11-9-13)19-22-18(26-23-19)12-21-20(24)15(3)25-17-7-5-4-6-14(17)2/h4-11,15H,12H2,1-3H3,(H,21,24)/t15-/m0/s1. The molecule has 1 aromatic heterocycles. The molecule has 0 unspecified atom stereocenters. The number of hydrogen-bond acceptors (Lipinski definition) is 5. The summed E-state index contributed by atoms with van der Waals surface area (Å²) in [4.78, 5) is 16.5. The Kier molecular flexibility index (Phi) is 5.31. The molecule has 6 heteroatoms. The minimum atomic E-state index is -0.629. The van der Waals surface area contributed by atoms with Gasteiger partial charge in [-0.05, 0) is 32.4 Å². The van der Waals surface area contributed by atoms with E-state index in [0.717, 1.165) is 16.7 Å². The summed E-state index contributed by atoms with van der Waals surface area (Å²) in [6.07, 6.45) is -0.629. The van der Waals surface area contributed by atoms with E-state index >= 15 is 0 Å². The normalized spacial score (nSPS) is 11.8. The number of rotatable bonds is 6. The molecule has 0 radical (unpaired) electrons. The van der Waals surface area contributed by atoms with Crippen LogP contribution in [0.3, 0.4) is 0 Å². The van der Waals surface area contributed by atoms with E-state index in [1.165, 1.54) is 0 Å². The number of carbonyl (C=O) groups is 1. The highest BCUT2D eigenvalue weighted by Gasteiger charge is 2.17. The minimum absolute atomic E-state index is 0.152. The fraction of sp³-hybridized carbons (Fsp3) is 0.250. The van der Waals surface area contributed by atoms with Crippen molar-refractivity contribution in [2.24, 2.45) is 0 Å². The fourth-order valence-electron chi connectivity index (χ4n) is 2.39. The van der Waals surface area contributed by atoms with Crippen molar-refractivity contribution < 1.29 is 14.1 Å². The van der Waals surface area contributed by atoms with Crippen molar-refractivity contribution >= 4 is 5.91 Å². The monoisotopic (exact) mass is 351 g/mol. The van der Waals surface area contributed by atoms with Gasteiger partial charge in [0.2, 0.25) is 11.7 Å². The van der Waals surface area contributed by atoms with E-state index in [2.05, 4.69) is 15.5 Å². The molecule has 0 saturated heterocycles. The number of aromatic nitrogens is 2. The lowest BCUT2D eigenvalue weighted by Crippen LogP contribution is -2.36. The number of carbonyl (C=O) groups excluding carboxylic acids is 1. The molecule has 1 heterocycles. The number of benzene rings is 2. The molecule has 0 aliphatic heterocycles. The van der Waals surface area contributed by atoms with Crippen LogP contribution in [0.5, 0.6) is 5.75 Å². The zero-order valence-corrected chi connectivity index (χ0v) is 15.0. The number of ether oxygens (including phenoxy) is 1. The van der Waals surface area contributed by atoms with Crippen LogP contribution >= 0.6 is 0 Å². The maximum atomic E-state index is 12.2. The molecule has 0 aliphatic rings. The summed E-state index contributed by atoms with van der Waals surface area (Å²) in [5.41, 5.74) is 3.01. The Hall–Kier alpha value is -3.15. The third kappa shape index (κ3) is 4.27. The molecule has 6 nitrogen and oxygen atoms in total. The Labute approximate surface area is 152 Å². The third-order valence-electron chi connectivity index (χ3n) is 3.96. The first-order chi connectivity index (χ1) is 12.5. The molecular formula is C20H21N3O3. The van der Waals surface area contributed by atoms with E-state index in [-0.39, 0.29) is 12.5 Å². The Balaban J connectivity index is 1.56. The van der Waals surface area contributed by atoms with Crippen LogP contribution in [-0.4, -0.2) is 22.2 Å². The lowest BCUT2D eigenvalue weighted by atomic mass is 10.1. The third-order valence-corrected chi connectivity index (χ3v) is 3.96. The molecule has 0 aliphatic carbocycles. The molecule has 0 spiro atoms. The van der Waals surface area contributed by atoms with Crippen LogP contribution < -0.4 is 10.1 Å². The molecule has 1 N–H and O–H groups in total. The molecule has 134 valence electrons. The van der Waals surface area contributed by atoms with Crippen LogP contribution in [0.25, 0.3) is 11.4 Å². The number of nitrogens with one attached hydrogen (secondary N) is 1.